The average molecular weight is 276 g/mol. The fourth-order valence-corrected chi connectivity index (χ4v) is 2.04. The van der Waals surface area contributed by atoms with Crippen molar-refractivity contribution in [2.75, 3.05) is 26.2 Å². The number of carbonyl (C=O) groups excluding carboxylic acids is 1. The average Bonchev–Trinajstić information content (AvgIpc) is 2.39. The highest BCUT2D eigenvalue weighted by Gasteiger charge is 2.23. The van der Waals surface area contributed by atoms with Gasteiger partial charge in [0, 0.05) is 19.6 Å². The molecule has 1 aromatic rings. The molecule has 4 nitrogen and oxygen atoms in total. The first-order valence-electron chi connectivity index (χ1n) is 7.49. The van der Waals surface area contributed by atoms with Crippen LogP contribution in [0.3, 0.4) is 0 Å². The number of unbranched alkanes of at least 4 members (excludes halogenated alkanes) is 1. The maximum absolute atomic E-state index is 11.6. The monoisotopic (exact) mass is 276 g/mol. The lowest BCUT2D eigenvalue weighted by atomic mass is 10.0. The van der Waals surface area contributed by atoms with Gasteiger partial charge in [-0.3, -0.25) is 4.79 Å². The van der Waals surface area contributed by atoms with Crippen molar-refractivity contribution in [2.45, 2.75) is 26.2 Å². The lowest BCUT2D eigenvalue weighted by Gasteiger charge is -2.25. The highest BCUT2D eigenvalue weighted by Crippen LogP contribution is 2.13. The van der Waals surface area contributed by atoms with Crippen molar-refractivity contribution in [3.8, 4) is 5.75 Å². The zero-order chi connectivity index (χ0) is 14.2. The maximum Gasteiger partial charge on any atom is 0.225 e. The van der Waals surface area contributed by atoms with Crippen LogP contribution in [0.4, 0.5) is 0 Å². The third-order valence-electron chi connectivity index (χ3n) is 3.56. The zero-order valence-electron chi connectivity index (χ0n) is 12.2. The number of hydrogen-bond donors (Lipinski definition) is 2. The molecule has 0 radical (unpaired) electrons. The number of hydrogen-bond acceptors (Lipinski definition) is 3. The second kappa shape index (κ2) is 7.90. The lowest BCUT2D eigenvalue weighted by Crippen LogP contribution is -2.51. The Kier molecular flexibility index (Phi) is 5.87. The number of carbonyl (C=O) groups is 1. The van der Waals surface area contributed by atoms with Crippen LogP contribution in [-0.4, -0.2) is 32.1 Å². The van der Waals surface area contributed by atoms with Crippen molar-refractivity contribution in [1.29, 1.82) is 0 Å². The summed E-state index contributed by atoms with van der Waals surface area (Å²) < 4.78 is 5.62. The fourth-order valence-electron chi connectivity index (χ4n) is 2.04. The molecule has 0 bridgehead atoms. The molecule has 4 heteroatoms. The maximum atomic E-state index is 11.6. The standard InChI is InChI=1S/C16H24N2O2/c1-2-3-10-20-15-6-4-13(5-7-15)8-9-18-16(19)14-11-17-12-14/h4-7,14,17H,2-3,8-12H2,1H3,(H,18,19). The van der Waals surface area contributed by atoms with Gasteiger partial charge in [-0.05, 0) is 30.5 Å². The minimum absolute atomic E-state index is 0.170. The van der Waals surface area contributed by atoms with Gasteiger partial charge >= 0.3 is 0 Å². The van der Waals surface area contributed by atoms with Crippen LogP contribution in [0, 0.1) is 5.92 Å². The van der Waals surface area contributed by atoms with Crippen molar-refractivity contribution >= 4 is 5.91 Å². The van der Waals surface area contributed by atoms with Crippen LogP contribution in [-0.2, 0) is 11.2 Å². The Morgan fingerprint density at radius 1 is 1.35 bits per heavy atom. The van der Waals surface area contributed by atoms with Gasteiger partial charge in [-0.25, -0.2) is 0 Å². The van der Waals surface area contributed by atoms with Gasteiger partial charge in [-0.15, -0.1) is 0 Å². The zero-order valence-corrected chi connectivity index (χ0v) is 12.2. The summed E-state index contributed by atoms with van der Waals surface area (Å²) in [6, 6.07) is 8.14. The topological polar surface area (TPSA) is 50.4 Å². The summed E-state index contributed by atoms with van der Waals surface area (Å²) in [6.07, 6.45) is 3.10. The Bertz CT molecular complexity index is 413. The van der Waals surface area contributed by atoms with E-state index in [2.05, 4.69) is 29.7 Å². The molecule has 110 valence electrons. The Morgan fingerprint density at radius 3 is 2.70 bits per heavy atom. The van der Waals surface area contributed by atoms with Crippen molar-refractivity contribution < 1.29 is 9.53 Å². The molecule has 2 N–H and O–H groups in total. The summed E-state index contributed by atoms with van der Waals surface area (Å²) in [4.78, 5) is 11.6. The molecule has 1 heterocycles. The third-order valence-corrected chi connectivity index (χ3v) is 3.56. The molecule has 1 aromatic carbocycles. The van der Waals surface area contributed by atoms with Crippen LogP contribution >= 0.6 is 0 Å². The van der Waals surface area contributed by atoms with E-state index in [9.17, 15) is 4.79 Å². The Morgan fingerprint density at radius 2 is 2.10 bits per heavy atom. The molecular weight excluding hydrogens is 252 g/mol. The summed E-state index contributed by atoms with van der Waals surface area (Å²) in [6.45, 7) is 5.26. The first-order valence-corrected chi connectivity index (χ1v) is 7.49. The largest absolute Gasteiger partial charge is 0.494 e. The smallest absolute Gasteiger partial charge is 0.225 e. The molecule has 2 rings (SSSR count). The van der Waals surface area contributed by atoms with Gasteiger partial charge in [0.15, 0.2) is 0 Å². The Hall–Kier alpha value is -1.55. The van der Waals surface area contributed by atoms with Crippen molar-refractivity contribution in [3.63, 3.8) is 0 Å². The van der Waals surface area contributed by atoms with Crippen LogP contribution in [0.15, 0.2) is 24.3 Å². The first kappa shape index (κ1) is 14.9. The quantitative estimate of drug-likeness (QED) is 0.711. The third kappa shape index (κ3) is 4.53. The first-order chi connectivity index (χ1) is 9.79. The van der Waals surface area contributed by atoms with E-state index in [-0.39, 0.29) is 11.8 Å². The van der Waals surface area contributed by atoms with Crippen LogP contribution in [0.1, 0.15) is 25.3 Å². The molecule has 1 aliphatic heterocycles. The van der Waals surface area contributed by atoms with Gasteiger partial charge in [-0.1, -0.05) is 25.5 Å². The molecule has 0 unspecified atom stereocenters. The lowest BCUT2D eigenvalue weighted by molar-refractivity contribution is -0.126. The number of nitrogens with one attached hydrogen (secondary N) is 2. The van der Waals surface area contributed by atoms with E-state index in [1.54, 1.807) is 0 Å². The molecule has 1 aliphatic rings. The van der Waals surface area contributed by atoms with Gasteiger partial charge < -0.3 is 15.4 Å². The van der Waals surface area contributed by atoms with E-state index in [0.29, 0.717) is 6.54 Å². The molecular formula is C16H24N2O2. The predicted octanol–water partition coefficient (Wildman–Crippen LogP) is 1.74. The van der Waals surface area contributed by atoms with E-state index in [1.807, 2.05) is 12.1 Å². The van der Waals surface area contributed by atoms with Crippen LogP contribution in [0.2, 0.25) is 0 Å². The van der Waals surface area contributed by atoms with Gasteiger partial charge in [0.2, 0.25) is 5.91 Å². The van der Waals surface area contributed by atoms with E-state index < -0.39 is 0 Å². The van der Waals surface area contributed by atoms with Gasteiger partial charge in [0.25, 0.3) is 0 Å². The molecule has 0 aromatic heterocycles. The summed E-state index contributed by atoms with van der Waals surface area (Å²) in [5.41, 5.74) is 1.22. The van der Waals surface area contributed by atoms with Crippen molar-refractivity contribution in [1.82, 2.24) is 10.6 Å². The summed E-state index contributed by atoms with van der Waals surface area (Å²) in [7, 11) is 0. The Balaban J connectivity index is 1.66. The minimum atomic E-state index is 0.170. The van der Waals surface area contributed by atoms with Crippen molar-refractivity contribution in [3.05, 3.63) is 29.8 Å². The molecule has 0 aliphatic carbocycles. The summed E-state index contributed by atoms with van der Waals surface area (Å²) >= 11 is 0. The number of rotatable bonds is 8. The van der Waals surface area contributed by atoms with E-state index >= 15 is 0 Å². The second-order valence-corrected chi connectivity index (χ2v) is 5.24. The summed E-state index contributed by atoms with van der Waals surface area (Å²) in [5.74, 6) is 1.26. The molecule has 0 atom stereocenters. The molecule has 1 fully saturated rings. The number of amides is 1. The van der Waals surface area contributed by atoms with Gasteiger partial charge in [0.1, 0.15) is 5.75 Å². The minimum Gasteiger partial charge on any atom is -0.494 e. The highest BCUT2D eigenvalue weighted by atomic mass is 16.5. The Labute approximate surface area is 120 Å². The van der Waals surface area contributed by atoms with E-state index in [1.165, 1.54) is 5.56 Å². The molecule has 0 spiro atoms. The predicted molar refractivity (Wildman–Crippen MR) is 79.9 cm³/mol. The van der Waals surface area contributed by atoms with E-state index in [4.69, 9.17) is 4.74 Å². The summed E-state index contributed by atoms with van der Waals surface area (Å²) in [5, 5.41) is 6.08. The second-order valence-electron chi connectivity index (χ2n) is 5.24. The molecule has 1 saturated heterocycles. The highest BCUT2D eigenvalue weighted by molar-refractivity contribution is 5.79. The van der Waals surface area contributed by atoms with Gasteiger partial charge in [-0.2, -0.15) is 0 Å². The normalized spacial score (nSPS) is 14.7. The number of ether oxygens (including phenoxy) is 1. The van der Waals surface area contributed by atoms with Crippen LogP contribution < -0.4 is 15.4 Å². The molecule has 20 heavy (non-hydrogen) atoms. The molecule has 0 saturated carbocycles. The van der Waals surface area contributed by atoms with Crippen LogP contribution in [0.25, 0.3) is 0 Å². The van der Waals surface area contributed by atoms with E-state index in [0.717, 1.165) is 44.7 Å². The van der Waals surface area contributed by atoms with Crippen LogP contribution in [0.5, 0.6) is 5.75 Å². The number of benzene rings is 1. The van der Waals surface area contributed by atoms with Crippen molar-refractivity contribution in [2.24, 2.45) is 5.92 Å². The molecule has 1 amide bonds. The SMILES string of the molecule is CCCCOc1ccc(CCNC(=O)C2CNC2)cc1. The van der Waals surface area contributed by atoms with Gasteiger partial charge in [0.05, 0.1) is 12.5 Å². The fraction of sp³-hybridized carbons (Fsp3) is 0.562.